The summed E-state index contributed by atoms with van der Waals surface area (Å²) in [4.78, 5) is 12.1. The number of halogens is 3. The molecule has 1 aliphatic carbocycles. The molecule has 2 rings (SSSR count). The first-order valence-electron chi connectivity index (χ1n) is 7.52. The van der Waals surface area contributed by atoms with Crippen LogP contribution < -0.4 is 5.32 Å². The van der Waals surface area contributed by atoms with E-state index in [1.54, 1.807) is 0 Å². The topological polar surface area (TPSA) is 66.5 Å². The standard InChI is InChI=1S/C15H19F3N2O3S/c1-24(22,23)20(11-6-2-3-7-11)10-14(21)19-13-9-5-4-8-12(13)15(16,17)18/h4-5,8-9,11H,2-3,6-7,10H2,1H3,(H,19,21). The van der Waals surface area contributed by atoms with Gasteiger partial charge in [0.1, 0.15) is 0 Å². The molecule has 0 unspecified atom stereocenters. The molecule has 0 aliphatic heterocycles. The maximum absolute atomic E-state index is 12.9. The van der Waals surface area contributed by atoms with E-state index >= 15 is 0 Å². The summed E-state index contributed by atoms with van der Waals surface area (Å²) in [5, 5.41) is 2.18. The van der Waals surface area contributed by atoms with Crippen LogP contribution in [0.2, 0.25) is 0 Å². The summed E-state index contributed by atoms with van der Waals surface area (Å²) in [6, 6.07) is 4.32. The van der Waals surface area contributed by atoms with Crippen LogP contribution in [0.1, 0.15) is 31.2 Å². The number of benzene rings is 1. The minimum Gasteiger partial charge on any atom is -0.324 e. The predicted molar refractivity (Wildman–Crippen MR) is 83.9 cm³/mol. The van der Waals surface area contributed by atoms with Gasteiger partial charge in [-0.2, -0.15) is 17.5 Å². The van der Waals surface area contributed by atoms with Gasteiger partial charge in [0.05, 0.1) is 24.1 Å². The lowest BCUT2D eigenvalue weighted by Crippen LogP contribution is -2.43. The monoisotopic (exact) mass is 364 g/mol. The molecule has 1 saturated carbocycles. The molecule has 1 fully saturated rings. The molecule has 0 saturated heterocycles. The number of para-hydroxylation sites is 1. The van der Waals surface area contributed by atoms with Crippen LogP contribution in [0.4, 0.5) is 18.9 Å². The molecular formula is C15H19F3N2O3S. The van der Waals surface area contributed by atoms with Crippen LogP contribution in [-0.4, -0.2) is 37.5 Å². The van der Waals surface area contributed by atoms with E-state index in [1.807, 2.05) is 0 Å². The lowest BCUT2D eigenvalue weighted by atomic mass is 10.1. The summed E-state index contributed by atoms with van der Waals surface area (Å²) in [5.41, 5.74) is -1.35. The highest BCUT2D eigenvalue weighted by Gasteiger charge is 2.35. The summed E-state index contributed by atoms with van der Waals surface area (Å²) in [6.45, 7) is -0.490. The van der Waals surface area contributed by atoms with Crippen LogP contribution in [0, 0.1) is 0 Å². The molecule has 0 radical (unpaired) electrons. The van der Waals surface area contributed by atoms with Gasteiger partial charge in [0, 0.05) is 6.04 Å². The largest absolute Gasteiger partial charge is 0.418 e. The quantitative estimate of drug-likeness (QED) is 0.874. The first-order valence-corrected chi connectivity index (χ1v) is 9.37. The number of carbonyl (C=O) groups is 1. The number of nitrogens with zero attached hydrogens (tertiary/aromatic N) is 1. The summed E-state index contributed by atoms with van der Waals surface area (Å²) in [7, 11) is -3.62. The fraction of sp³-hybridized carbons (Fsp3) is 0.533. The molecule has 0 atom stereocenters. The molecule has 1 aliphatic rings. The fourth-order valence-corrected chi connectivity index (χ4v) is 3.98. The van der Waals surface area contributed by atoms with E-state index in [0.717, 1.165) is 35.5 Å². The highest BCUT2D eigenvalue weighted by molar-refractivity contribution is 7.88. The molecule has 0 spiro atoms. The average molecular weight is 364 g/mol. The van der Waals surface area contributed by atoms with Gasteiger partial charge in [-0.1, -0.05) is 25.0 Å². The summed E-state index contributed by atoms with van der Waals surface area (Å²) in [5.74, 6) is -0.788. The number of anilines is 1. The van der Waals surface area contributed by atoms with Crippen molar-refractivity contribution in [2.75, 3.05) is 18.1 Å². The third kappa shape index (κ3) is 4.70. The van der Waals surface area contributed by atoms with Crippen LogP contribution in [0.3, 0.4) is 0 Å². The Morgan fingerprint density at radius 3 is 2.38 bits per heavy atom. The number of hydrogen-bond acceptors (Lipinski definition) is 3. The van der Waals surface area contributed by atoms with Crippen LogP contribution in [0.25, 0.3) is 0 Å². The van der Waals surface area contributed by atoms with Gasteiger partial charge in [0.25, 0.3) is 0 Å². The summed E-state index contributed by atoms with van der Waals surface area (Å²) in [6.07, 6.45) is -0.558. The second-order valence-corrected chi connectivity index (χ2v) is 7.77. The van der Waals surface area contributed by atoms with E-state index in [9.17, 15) is 26.4 Å². The van der Waals surface area contributed by atoms with Crippen molar-refractivity contribution in [2.24, 2.45) is 0 Å². The molecule has 1 amide bonds. The number of alkyl halides is 3. The molecule has 1 N–H and O–H groups in total. The van der Waals surface area contributed by atoms with E-state index in [1.165, 1.54) is 12.1 Å². The lowest BCUT2D eigenvalue weighted by molar-refractivity contribution is -0.137. The Balaban J connectivity index is 2.15. The van der Waals surface area contributed by atoms with Crippen LogP contribution in [0.5, 0.6) is 0 Å². The normalized spacial score (nSPS) is 16.5. The molecule has 0 aromatic heterocycles. The zero-order valence-electron chi connectivity index (χ0n) is 13.1. The molecule has 5 nitrogen and oxygen atoms in total. The van der Waals surface area contributed by atoms with Crippen molar-refractivity contribution in [1.82, 2.24) is 4.31 Å². The number of sulfonamides is 1. The first kappa shape index (κ1) is 18.7. The van der Waals surface area contributed by atoms with Crippen molar-refractivity contribution in [3.63, 3.8) is 0 Å². The number of carbonyl (C=O) groups excluding carboxylic acids is 1. The van der Waals surface area contributed by atoms with Gasteiger partial charge in [-0.05, 0) is 25.0 Å². The zero-order chi connectivity index (χ0) is 18.0. The van der Waals surface area contributed by atoms with E-state index in [4.69, 9.17) is 0 Å². The Morgan fingerprint density at radius 1 is 1.25 bits per heavy atom. The molecule has 1 aromatic carbocycles. The minimum atomic E-state index is -4.61. The van der Waals surface area contributed by atoms with E-state index in [-0.39, 0.29) is 11.7 Å². The number of hydrogen-bond donors (Lipinski definition) is 1. The van der Waals surface area contributed by atoms with Crippen molar-refractivity contribution in [1.29, 1.82) is 0 Å². The van der Waals surface area contributed by atoms with Crippen molar-refractivity contribution >= 4 is 21.6 Å². The third-order valence-electron chi connectivity index (χ3n) is 3.96. The second-order valence-electron chi connectivity index (χ2n) is 5.84. The van der Waals surface area contributed by atoms with Gasteiger partial charge < -0.3 is 5.32 Å². The summed E-state index contributed by atoms with van der Waals surface area (Å²) >= 11 is 0. The van der Waals surface area contributed by atoms with Gasteiger partial charge >= 0.3 is 6.18 Å². The molecule has 134 valence electrons. The Kier molecular flexibility index (Phi) is 5.54. The average Bonchev–Trinajstić information content (AvgIpc) is 2.96. The van der Waals surface area contributed by atoms with Gasteiger partial charge in [0.15, 0.2) is 0 Å². The molecule has 0 heterocycles. The third-order valence-corrected chi connectivity index (χ3v) is 5.24. The molecular weight excluding hydrogens is 345 g/mol. The maximum Gasteiger partial charge on any atom is 0.418 e. The van der Waals surface area contributed by atoms with E-state index in [2.05, 4.69) is 5.32 Å². The smallest absolute Gasteiger partial charge is 0.324 e. The molecule has 0 bridgehead atoms. The van der Waals surface area contributed by atoms with Crippen molar-refractivity contribution in [3.05, 3.63) is 29.8 Å². The number of rotatable bonds is 5. The predicted octanol–water partition coefficient (Wildman–Crippen LogP) is 2.85. The highest BCUT2D eigenvalue weighted by Crippen LogP contribution is 2.34. The van der Waals surface area contributed by atoms with Gasteiger partial charge in [-0.15, -0.1) is 0 Å². The van der Waals surface area contributed by atoms with E-state index < -0.39 is 34.2 Å². The van der Waals surface area contributed by atoms with Crippen LogP contribution >= 0.6 is 0 Å². The van der Waals surface area contributed by atoms with Crippen molar-refractivity contribution < 1.29 is 26.4 Å². The molecule has 1 aromatic rings. The zero-order valence-corrected chi connectivity index (χ0v) is 14.0. The molecule has 24 heavy (non-hydrogen) atoms. The Labute approximate surface area is 138 Å². The van der Waals surface area contributed by atoms with E-state index in [0.29, 0.717) is 12.8 Å². The maximum atomic E-state index is 12.9. The summed E-state index contributed by atoms with van der Waals surface area (Å²) < 4.78 is 63.7. The highest BCUT2D eigenvalue weighted by atomic mass is 32.2. The Bertz CT molecular complexity index is 698. The number of amides is 1. The van der Waals surface area contributed by atoms with Gasteiger partial charge in [-0.25, -0.2) is 8.42 Å². The molecule has 9 heteroatoms. The Morgan fingerprint density at radius 2 is 1.83 bits per heavy atom. The van der Waals surface area contributed by atoms with Crippen LogP contribution in [-0.2, 0) is 21.0 Å². The van der Waals surface area contributed by atoms with Crippen molar-refractivity contribution in [3.8, 4) is 0 Å². The minimum absolute atomic E-state index is 0.274. The van der Waals surface area contributed by atoms with Gasteiger partial charge in [0.2, 0.25) is 15.9 Å². The van der Waals surface area contributed by atoms with Crippen molar-refractivity contribution in [2.45, 2.75) is 37.9 Å². The second kappa shape index (κ2) is 7.10. The lowest BCUT2D eigenvalue weighted by Gasteiger charge is -2.26. The Hall–Kier alpha value is -1.61. The number of nitrogens with one attached hydrogen (secondary N) is 1. The fourth-order valence-electron chi connectivity index (χ4n) is 2.88. The van der Waals surface area contributed by atoms with Crippen LogP contribution in [0.15, 0.2) is 24.3 Å². The first-order chi connectivity index (χ1) is 11.1. The SMILES string of the molecule is CS(=O)(=O)N(CC(=O)Nc1ccccc1C(F)(F)F)C1CCCC1. The van der Waals surface area contributed by atoms with Gasteiger partial charge in [-0.3, -0.25) is 4.79 Å².